The third-order valence-electron chi connectivity index (χ3n) is 6.17. The molecule has 0 fully saturated rings. The summed E-state index contributed by atoms with van der Waals surface area (Å²) in [4.78, 5) is 30.5. The maximum atomic E-state index is 14.2. The van der Waals surface area contributed by atoms with E-state index >= 15 is 0 Å². The maximum Gasteiger partial charge on any atom is 0.341 e. The Labute approximate surface area is 305 Å². The van der Waals surface area contributed by atoms with Crippen molar-refractivity contribution in [3.63, 3.8) is 0 Å². The number of hydrogen-bond donors (Lipinski definition) is 2. The molecule has 2 aromatic carbocycles. The van der Waals surface area contributed by atoms with Gasteiger partial charge in [0.15, 0.2) is 24.7 Å². The summed E-state index contributed by atoms with van der Waals surface area (Å²) in [5, 5.41) is 17.7. The van der Waals surface area contributed by atoms with Crippen LogP contribution in [0.3, 0.4) is 0 Å². The van der Waals surface area contributed by atoms with E-state index < -0.39 is 50.9 Å². The molecule has 2 aromatic heterocycles. The molecule has 14 nitrogen and oxygen atoms in total. The van der Waals surface area contributed by atoms with Crippen LogP contribution in [0, 0.1) is 13.8 Å². The molecule has 1 atom stereocenters. The van der Waals surface area contributed by atoms with Gasteiger partial charge >= 0.3 is 11.9 Å². The molecule has 0 aliphatic heterocycles. The summed E-state index contributed by atoms with van der Waals surface area (Å²) in [7, 11) is -3.74. The Hall–Kier alpha value is -2.70. The van der Waals surface area contributed by atoms with Crippen LogP contribution in [0.2, 0.25) is 0 Å². The predicted octanol–water partition coefficient (Wildman–Crippen LogP) is 1.78. The van der Waals surface area contributed by atoms with Crippen LogP contribution in [0.4, 0.5) is 0 Å². The first-order valence-corrected chi connectivity index (χ1v) is 15.2. The zero-order valence-corrected chi connectivity index (χ0v) is 31.0. The summed E-state index contributed by atoms with van der Waals surface area (Å²) in [6, 6.07) is 7.76. The van der Waals surface area contributed by atoms with Crippen molar-refractivity contribution in [2.45, 2.75) is 29.7 Å². The molecule has 2 heterocycles. The number of hydrogen-bond acceptors (Lipinski definition) is 11. The molecule has 1 unspecified atom stereocenters. The number of aryl methyl sites for hydroxylation is 1. The van der Waals surface area contributed by atoms with Crippen molar-refractivity contribution >= 4 is 103 Å². The van der Waals surface area contributed by atoms with Gasteiger partial charge < -0.3 is 29.2 Å². The molecule has 0 saturated carbocycles. The SMILES string of the molecule is COc1ccc2nc(S(=O)Cc3ncc(C)c(OC)c3C)n(S(=O)(=O)c3ccc(OCC(=O)O)c(OCC(=O)O)c3)c2c1.[Na].[Na]. The van der Waals surface area contributed by atoms with Crippen molar-refractivity contribution in [2.75, 3.05) is 27.4 Å². The number of aromatic nitrogens is 3. The second-order valence-corrected chi connectivity index (χ2v) is 12.2. The van der Waals surface area contributed by atoms with E-state index in [0.717, 1.165) is 27.7 Å². The minimum Gasteiger partial charge on any atom is -0.497 e. The summed E-state index contributed by atoms with van der Waals surface area (Å²) in [5.74, 6) is -2.52. The summed E-state index contributed by atoms with van der Waals surface area (Å²) in [5.41, 5.74) is 2.10. The van der Waals surface area contributed by atoms with Crippen LogP contribution in [0.1, 0.15) is 16.8 Å². The number of pyridine rings is 1. The zero-order chi connectivity index (χ0) is 31.5. The third kappa shape index (κ3) is 8.56. The minimum absolute atomic E-state index is 0. The number of carboxylic acids is 2. The van der Waals surface area contributed by atoms with Crippen molar-refractivity contribution in [2.24, 2.45) is 0 Å². The smallest absolute Gasteiger partial charge is 0.341 e. The Balaban J connectivity index is 0.00000353. The molecule has 0 amide bonds. The standard InChI is InChI=1S/C27H27N3O11S2.2Na/c1-15-11-28-20(16(2)26(15)39-4)14-42(35)27-29-19-7-5-17(38-3)9-21(19)30(27)43(36,37)18-6-8-22(40-12-24(31)32)23(10-18)41-13-25(33)34;;/h5-11H,12-14H2,1-4H3,(H,31,32)(H,33,34);;. The molecule has 0 spiro atoms. The van der Waals surface area contributed by atoms with Gasteiger partial charge in [-0.25, -0.2) is 27.0 Å². The van der Waals surface area contributed by atoms with Crippen molar-refractivity contribution in [1.82, 2.24) is 13.9 Å². The van der Waals surface area contributed by atoms with Gasteiger partial charge in [0, 0.05) is 88.6 Å². The van der Waals surface area contributed by atoms with Crippen LogP contribution >= 0.6 is 0 Å². The number of rotatable bonds is 13. The first-order chi connectivity index (χ1) is 20.4. The zero-order valence-electron chi connectivity index (χ0n) is 25.4. The Bertz CT molecular complexity index is 1860. The average Bonchev–Trinajstić information content (AvgIpc) is 3.36. The quantitative estimate of drug-likeness (QED) is 0.195. The summed E-state index contributed by atoms with van der Waals surface area (Å²) in [6.07, 6.45) is 1.57. The van der Waals surface area contributed by atoms with Gasteiger partial charge in [0.25, 0.3) is 10.0 Å². The van der Waals surface area contributed by atoms with E-state index in [2.05, 4.69) is 9.97 Å². The van der Waals surface area contributed by atoms with E-state index in [4.69, 9.17) is 29.2 Å². The molecule has 0 aliphatic rings. The van der Waals surface area contributed by atoms with Crippen LogP contribution in [-0.4, -0.2) is 135 Å². The van der Waals surface area contributed by atoms with Crippen LogP contribution in [0.25, 0.3) is 11.0 Å². The van der Waals surface area contributed by atoms with E-state index in [1.165, 1.54) is 26.4 Å². The summed E-state index contributed by atoms with van der Waals surface area (Å²) in [6.45, 7) is 1.91. The first-order valence-electron chi connectivity index (χ1n) is 12.4. The van der Waals surface area contributed by atoms with E-state index in [1.807, 2.05) is 6.92 Å². The number of carbonyl (C=O) groups is 2. The van der Waals surface area contributed by atoms with Gasteiger partial charge in [-0.1, -0.05) is 0 Å². The van der Waals surface area contributed by atoms with Crippen molar-refractivity contribution in [3.05, 3.63) is 59.4 Å². The molecule has 2 N–H and O–H groups in total. The maximum absolute atomic E-state index is 14.2. The number of imidazole rings is 1. The topological polar surface area (TPSA) is 193 Å². The summed E-state index contributed by atoms with van der Waals surface area (Å²) < 4.78 is 64.0. The van der Waals surface area contributed by atoms with Crippen LogP contribution < -0.4 is 18.9 Å². The molecule has 0 saturated heterocycles. The van der Waals surface area contributed by atoms with E-state index in [-0.39, 0.29) is 92.6 Å². The van der Waals surface area contributed by atoms with Crippen molar-refractivity contribution < 1.29 is 51.4 Å². The number of methoxy groups -OCH3 is 2. The number of ether oxygens (including phenoxy) is 4. The number of fused-ring (bicyclic) bond motifs is 1. The van der Waals surface area contributed by atoms with Crippen LogP contribution in [0.5, 0.6) is 23.0 Å². The normalized spacial score (nSPS) is 11.6. The first kappa shape index (κ1) is 38.5. The molecule has 2 radical (unpaired) electrons. The Kier molecular flexibility index (Phi) is 13.9. The van der Waals surface area contributed by atoms with Gasteiger partial charge in [-0.2, -0.15) is 0 Å². The van der Waals surface area contributed by atoms with Gasteiger partial charge in [-0.15, -0.1) is 0 Å². The summed E-state index contributed by atoms with van der Waals surface area (Å²) >= 11 is 0. The molecule has 0 bridgehead atoms. The Morgan fingerprint density at radius 2 is 1.58 bits per heavy atom. The predicted molar refractivity (Wildman–Crippen MR) is 163 cm³/mol. The fourth-order valence-corrected chi connectivity index (χ4v) is 7.24. The van der Waals surface area contributed by atoms with Crippen LogP contribution in [-0.2, 0) is 36.2 Å². The van der Waals surface area contributed by atoms with E-state index in [9.17, 15) is 22.2 Å². The van der Waals surface area contributed by atoms with Crippen LogP contribution in [0.15, 0.2) is 52.6 Å². The van der Waals surface area contributed by atoms with Gasteiger partial charge in [-0.3, -0.25) is 9.19 Å². The molecular formula is C27H27N3Na2O11S2. The van der Waals surface area contributed by atoms with Gasteiger partial charge in [0.2, 0.25) is 5.16 Å². The van der Waals surface area contributed by atoms with Crippen molar-refractivity contribution in [1.29, 1.82) is 0 Å². The second kappa shape index (κ2) is 16.2. The monoisotopic (exact) mass is 679 g/mol. The fraction of sp³-hybridized carbons (Fsp3) is 0.259. The number of aliphatic carboxylic acids is 2. The molecule has 230 valence electrons. The minimum atomic E-state index is -4.59. The second-order valence-electron chi connectivity index (χ2n) is 9.03. The van der Waals surface area contributed by atoms with Crippen molar-refractivity contribution in [3.8, 4) is 23.0 Å². The Morgan fingerprint density at radius 1 is 0.933 bits per heavy atom. The average molecular weight is 680 g/mol. The number of nitrogens with zero attached hydrogens (tertiary/aromatic N) is 3. The molecule has 0 aliphatic carbocycles. The van der Waals surface area contributed by atoms with E-state index in [1.54, 1.807) is 19.2 Å². The molecule has 18 heteroatoms. The molecule has 45 heavy (non-hydrogen) atoms. The molecule has 4 rings (SSSR count). The largest absolute Gasteiger partial charge is 0.497 e. The molecule has 4 aromatic rings. The molecular weight excluding hydrogens is 652 g/mol. The van der Waals surface area contributed by atoms with Gasteiger partial charge in [-0.05, 0) is 38.1 Å². The number of benzene rings is 2. The Morgan fingerprint density at radius 3 is 2.18 bits per heavy atom. The fourth-order valence-electron chi connectivity index (χ4n) is 4.19. The van der Waals surface area contributed by atoms with Gasteiger partial charge in [0.1, 0.15) is 11.5 Å². The number of carboxylic acid groups (broad SMARTS) is 2. The van der Waals surface area contributed by atoms with E-state index in [0.29, 0.717) is 22.8 Å². The third-order valence-corrected chi connectivity index (χ3v) is 9.20. The van der Waals surface area contributed by atoms with Gasteiger partial charge in [0.05, 0.1) is 52.4 Å².